The largest absolute Gasteiger partial charge is 0.496 e. The summed E-state index contributed by atoms with van der Waals surface area (Å²) in [7, 11) is -1.00. The molecule has 32 heavy (non-hydrogen) atoms. The van der Waals surface area contributed by atoms with Crippen molar-refractivity contribution in [3.8, 4) is 11.5 Å². The van der Waals surface area contributed by atoms with Gasteiger partial charge in [-0.15, -0.1) is 0 Å². The summed E-state index contributed by atoms with van der Waals surface area (Å²) in [6, 6.07) is 8.78. The zero-order valence-electron chi connectivity index (χ0n) is 17.8. The van der Waals surface area contributed by atoms with E-state index >= 15 is 0 Å². The third-order valence-corrected chi connectivity index (χ3v) is 7.13. The van der Waals surface area contributed by atoms with Crippen molar-refractivity contribution in [2.75, 3.05) is 18.9 Å². The van der Waals surface area contributed by atoms with E-state index in [0.29, 0.717) is 16.7 Å². The van der Waals surface area contributed by atoms with Crippen LogP contribution >= 0.6 is 0 Å². The number of rotatable bonds is 6. The minimum atomic E-state index is -3.99. The van der Waals surface area contributed by atoms with E-state index in [0.717, 1.165) is 29.5 Å². The molecular formula is C22H22N4O5S. The van der Waals surface area contributed by atoms with Crippen LogP contribution < -0.4 is 14.2 Å². The number of hydrogen-bond acceptors (Lipinski definition) is 7. The molecule has 1 aliphatic carbocycles. The number of methoxy groups -OCH3 is 2. The number of hydrogen-bond donors (Lipinski definition) is 1. The van der Waals surface area contributed by atoms with Crippen molar-refractivity contribution in [3.05, 3.63) is 59.4 Å². The number of benzene rings is 2. The van der Waals surface area contributed by atoms with Crippen LogP contribution in [0, 0.1) is 6.92 Å². The highest BCUT2D eigenvalue weighted by molar-refractivity contribution is 7.92. The Bertz CT molecular complexity index is 1410. The van der Waals surface area contributed by atoms with E-state index in [4.69, 9.17) is 14.0 Å². The van der Waals surface area contributed by atoms with Gasteiger partial charge in [-0.05, 0) is 55.2 Å². The maximum absolute atomic E-state index is 13.2. The second-order valence-electron chi connectivity index (χ2n) is 7.68. The Balaban J connectivity index is 1.61. The van der Waals surface area contributed by atoms with Crippen LogP contribution in [0.4, 0.5) is 5.82 Å². The van der Waals surface area contributed by atoms with Gasteiger partial charge >= 0.3 is 0 Å². The zero-order chi connectivity index (χ0) is 22.5. The Morgan fingerprint density at radius 1 is 1.22 bits per heavy atom. The number of aromatic nitrogens is 3. The lowest BCUT2D eigenvalue weighted by Gasteiger charge is -2.14. The number of anilines is 1. The van der Waals surface area contributed by atoms with Gasteiger partial charge in [0.2, 0.25) is 0 Å². The second-order valence-corrected chi connectivity index (χ2v) is 9.33. The van der Waals surface area contributed by atoms with Crippen LogP contribution in [0.5, 0.6) is 11.5 Å². The molecule has 0 aliphatic heterocycles. The minimum absolute atomic E-state index is 0.0232. The fourth-order valence-corrected chi connectivity index (χ4v) is 5.59. The summed E-state index contributed by atoms with van der Waals surface area (Å²) in [5.41, 5.74) is 3.26. The number of ether oxygens (including phenoxy) is 2. The van der Waals surface area contributed by atoms with Gasteiger partial charge in [-0.25, -0.2) is 8.42 Å². The standard InChI is InChI=1S/C22H22N4O5S/c1-13-5-8-17(29-2)19(11-13)32(27,28)25-22-20-18(31-24-22)12-15-14(21(20)30-3)6-7-16(15)26-10-4-9-23-26/h4-5,8-12,16H,6-7H2,1-3H3,(H,24,25). The fraction of sp³-hybridized carbons (Fsp3) is 0.273. The summed E-state index contributed by atoms with van der Waals surface area (Å²) in [5.74, 6) is 0.874. The molecule has 4 aromatic rings. The predicted molar refractivity (Wildman–Crippen MR) is 118 cm³/mol. The highest BCUT2D eigenvalue weighted by Crippen LogP contribution is 2.45. The van der Waals surface area contributed by atoms with Crippen molar-refractivity contribution < 1.29 is 22.4 Å². The number of fused-ring (bicyclic) bond motifs is 2. The molecule has 2 aromatic carbocycles. The minimum Gasteiger partial charge on any atom is -0.496 e. The maximum atomic E-state index is 13.2. The van der Waals surface area contributed by atoms with Gasteiger partial charge < -0.3 is 14.0 Å². The van der Waals surface area contributed by atoms with E-state index in [1.807, 2.05) is 29.9 Å². The van der Waals surface area contributed by atoms with Crippen molar-refractivity contribution >= 4 is 26.8 Å². The van der Waals surface area contributed by atoms with E-state index in [9.17, 15) is 8.42 Å². The summed E-state index contributed by atoms with van der Waals surface area (Å²) in [5, 5.41) is 8.87. The quantitative estimate of drug-likeness (QED) is 0.473. The topological polar surface area (TPSA) is 108 Å². The molecule has 0 amide bonds. The molecule has 1 atom stereocenters. The van der Waals surface area contributed by atoms with E-state index in [2.05, 4.69) is 15.0 Å². The monoisotopic (exact) mass is 454 g/mol. The first-order valence-electron chi connectivity index (χ1n) is 10.1. The van der Waals surface area contributed by atoms with Gasteiger partial charge in [0.15, 0.2) is 11.4 Å². The van der Waals surface area contributed by atoms with Crippen molar-refractivity contribution in [1.29, 1.82) is 0 Å². The van der Waals surface area contributed by atoms with Crippen molar-refractivity contribution in [1.82, 2.24) is 14.9 Å². The molecule has 2 aromatic heterocycles. The van der Waals surface area contributed by atoms with Crippen molar-refractivity contribution in [3.63, 3.8) is 0 Å². The third-order valence-electron chi connectivity index (χ3n) is 5.77. The van der Waals surface area contributed by atoms with Crippen LogP contribution in [0.3, 0.4) is 0 Å². The molecule has 0 bridgehead atoms. The summed E-state index contributed by atoms with van der Waals surface area (Å²) >= 11 is 0. The SMILES string of the molecule is COc1ccc(C)cc1S(=O)(=O)Nc1noc2cc3c(c(OC)c12)CCC3n1cccn1. The molecule has 0 radical (unpaired) electrons. The van der Waals surface area contributed by atoms with E-state index in [-0.39, 0.29) is 22.5 Å². The average molecular weight is 455 g/mol. The molecular weight excluding hydrogens is 432 g/mol. The summed E-state index contributed by atoms with van der Waals surface area (Å²) in [6.07, 6.45) is 5.29. The van der Waals surface area contributed by atoms with Gasteiger partial charge in [-0.1, -0.05) is 11.2 Å². The van der Waals surface area contributed by atoms with E-state index in [1.165, 1.54) is 7.11 Å². The highest BCUT2D eigenvalue weighted by Gasteiger charge is 2.32. The molecule has 0 saturated heterocycles. The predicted octanol–water partition coefficient (Wildman–Crippen LogP) is 3.69. The van der Waals surface area contributed by atoms with Crippen LogP contribution in [-0.2, 0) is 16.4 Å². The molecule has 1 N–H and O–H groups in total. The molecule has 166 valence electrons. The highest BCUT2D eigenvalue weighted by atomic mass is 32.2. The molecule has 10 heteroatoms. The smallest absolute Gasteiger partial charge is 0.266 e. The molecule has 2 heterocycles. The Labute approximate surface area is 185 Å². The Morgan fingerprint density at radius 3 is 2.78 bits per heavy atom. The number of aryl methyl sites for hydroxylation is 1. The van der Waals surface area contributed by atoms with Crippen LogP contribution in [0.25, 0.3) is 11.0 Å². The fourth-order valence-electron chi connectivity index (χ4n) is 4.33. The summed E-state index contributed by atoms with van der Waals surface area (Å²) < 4.78 is 47.3. The van der Waals surface area contributed by atoms with E-state index < -0.39 is 10.0 Å². The van der Waals surface area contributed by atoms with Crippen LogP contribution in [0.15, 0.2) is 52.1 Å². The third kappa shape index (κ3) is 3.18. The van der Waals surface area contributed by atoms with Crippen LogP contribution in [0.1, 0.15) is 29.2 Å². The van der Waals surface area contributed by atoms with Gasteiger partial charge in [-0.3, -0.25) is 9.40 Å². The van der Waals surface area contributed by atoms with Gasteiger partial charge in [0.05, 0.1) is 20.3 Å². The normalized spacial score (nSPS) is 15.7. The summed E-state index contributed by atoms with van der Waals surface area (Å²) in [6.45, 7) is 1.81. The van der Waals surface area contributed by atoms with Gasteiger partial charge in [0.1, 0.15) is 21.8 Å². The van der Waals surface area contributed by atoms with Crippen LogP contribution in [-0.4, -0.2) is 37.6 Å². The second kappa shape index (κ2) is 7.56. The lowest BCUT2D eigenvalue weighted by molar-refractivity contribution is 0.402. The van der Waals surface area contributed by atoms with Gasteiger partial charge in [0, 0.05) is 18.0 Å². The number of sulfonamides is 1. The Hall–Kier alpha value is -3.53. The van der Waals surface area contributed by atoms with Crippen molar-refractivity contribution in [2.45, 2.75) is 30.7 Å². The zero-order valence-corrected chi connectivity index (χ0v) is 18.6. The maximum Gasteiger partial charge on any atom is 0.266 e. The van der Waals surface area contributed by atoms with Crippen molar-refractivity contribution in [2.24, 2.45) is 0 Å². The molecule has 1 aliphatic rings. The molecule has 0 spiro atoms. The van der Waals surface area contributed by atoms with Gasteiger partial charge in [-0.2, -0.15) is 5.10 Å². The molecule has 0 saturated carbocycles. The Kier molecular flexibility index (Phi) is 4.81. The molecule has 5 rings (SSSR count). The number of nitrogens with zero attached hydrogens (tertiary/aromatic N) is 3. The van der Waals surface area contributed by atoms with Crippen LogP contribution in [0.2, 0.25) is 0 Å². The molecule has 0 fully saturated rings. The first-order chi connectivity index (χ1) is 15.4. The first-order valence-corrected chi connectivity index (χ1v) is 11.6. The molecule has 1 unspecified atom stereocenters. The molecule has 9 nitrogen and oxygen atoms in total. The van der Waals surface area contributed by atoms with E-state index in [1.54, 1.807) is 31.5 Å². The average Bonchev–Trinajstić information content (AvgIpc) is 3.52. The lowest BCUT2D eigenvalue weighted by atomic mass is 10.0. The first kappa shape index (κ1) is 20.4. The Morgan fingerprint density at radius 2 is 2.06 bits per heavy atom. The summed E-state index contributed by atoms with van der Waals surface area (Å²) in [4.78, 5) is 0.0232. The van der Waals surface area contributed by atoms with Gasteiger partial charge in [0.25, 0.3) is 10.0 Å². The number of nitrogens with one attached hydrogen (secondary N) is 1. The lowest BCUT2D eigenvalue weighted by Crippen LogP contribution is -2.15.